The fourth-order valence-corrected chi connectivity index (χ4v) is 3.26. The van der Waals surface area contributed by atoms with Crippen LogP contribution in [0.1, 0.15) is 25.7 Å². The molecule has 112 valence electrons. The summed E-state index contributed by atoms with van der Waals surface area (Å²) >= 11 is 0. The molecule has 1 saturated carbocycles. The SMILES string of the molecule is CN(c1cc(S(N)(=O)=O)ccc1N)C1CCCCC1O. The second-order valence-electron chi connectivity index (χ2n) is 5.30. The van der Waals surface area contributed by atoms with Crippen LogP contribution >= 0.6 is 0 Å². The third kappa shape index (κ3) is 3.05. The molecule has 0 amide bonds. The lowest BCUT2D eigenvalue weighted by atomic mass is 9.91. The number of hydrogen-bond donors (Lipinski definition) is 3. The summed E-state index contributed by atoms with van der Waals surface area (Å²) in [6.07, 6.45) is 3.24. The number of nitrogens with zero attached hydrogens (tertiary/aromatic N) is 1. The smallest absolute Gasteiger partial charge is 0.238 e. The summed E-state index contributed by atoms with van der Waals surface area (Å²) in [7, 11) is -1.95. The van der Waals surface area contributed by atoms with E-state index in [0.29, 0.717) is 11.4 Å². The normalized spacial score (nSPS) is 23.6. The monoisotopic (exact) mass is 299 g/mol. The third-order valence-corrected chi connectivity index (χ3v) is 4.81. The Kier molecular flexibility index (Phi) is 4.22. The van der Waals surface area contributed by atoms with E-state index < -0.39 is 16.1 Å². The average Bonchev–Trinajstić information content (AvgIpc) is 2.37. The Labute approximate surface area is 119 Å². The van der Waals surface area contributed by atoms with E-state index in [9.17, 15) is 13.5 Å². The zero-order valence-corrected chi connectivity index (χ0v) is 12.3. The highest BCUT2D eigenvalue weighted by atomic mass is 32.2. The van der Waals surface area contributed by atoms with Gasteiger partial charge < -0.3 is 15.7 Å². The molecule has 2 unspecified atom stereocenters. The molecule has 0 spiro atoms. The molecule has 1 fully saturated rings. The molecule has 0 aromatic heterocycles. The molecule has 0 aliphatic heterocycles. The van der Waals surface area contributed by atoms with Crippen molar-refractivity contribution in [1.29, 1.82) is 0 Å². The molecular weight excluding hydrogens is 278 g/mol. The van der Waals surface area contributed by atoms with Gasteiger partial charge in [-0.3, -0.25) is 0 Å². The second kappa shape index (κ2) is 5.59. The van der Waals surface area contributed by atoms with Crippen molar-refractivity contribution in [2.24, 2.45) is 5.14 Å². The maximum Gasteiger partial charge on any atom is 0.238 e. The number of rotatable bonds is 3. The molecule has 2 atom stereocenters. The van der Waals surface area contributed by atoms with Gasteiger partial charge in [-0.2, -0.15) is 0 Å². The van der Waals surface area contributed by atoms with Crippen molar-refractivity contribution in [2.75, 3.05) is 17.7 Å². The first-order valence-electron chi connectivity index (χ1n) is 6.64. The first-order valence-corrected chi connectivity index (χ1v) is 8.18. The number of primary sulfonamides is 1. The zero-order chi connectivity index (χ0) is 14.9. The predicted octanol–water partition coefficient (Wildman–Crippen LogP) is 0.656. The largest absolute Gasteiger partial charge is 0.397 e. The maximum absolute atomic E-state index is 11.4. The van der Waals surface area contributed by atoms with Crippen LogP contribution in [0.5, 0.6) is 0 Å². The first kappa shape index (κ1) is 15.1. The number of likely N-dealkylation sites (N-methyl/N-ethyl adjacent to an activating group) is 1. The van der Waals surface area contributed by atoms with Crippen LogP contribution in [0.3, 0.4) is 0 Å². The van der Waals surface area contributed by atoms with Crippen molar-refractivity contribution in [1.82, 2.24) is 0 Å². The fraction of sp³-hybridized carbons (Fsp3) is 0.538. The lowest BCUT2D eigenvalue weighted by Gasteiger charge is -2.37. The number of aliphatic hydroxyl groups is 1. The van der Waals surface area contributed by atoms with Gasteiger partial charge in [0.2, 0.25) is 10.0 Å². The molecule has 7 heteroatoms. The van der Waals surface area contributed by atoms with E-state index >= 15 is 0 Å². The molecule has 0 radical (unpaired) electrons. The Morgan fingerprint density at radius 2 is 1.95 bits per heavy atom. The van der Waals surface area contributed by atoms with E-state index in [-0.39, 0.29) is 10.9 Å². The predicted molar refractivity (Wildman–Crippen MR) is 78.9 cm³/mol. The quantitative estimate of drug-likeness (QED) is 0.710. The minimum atomic E-state index is -3.76. The minimum Gasteiger partial charge on any atom is -0.397 e. The molecule has 0 bridgehead atoms. The number of anilines is 2. The highest BCUT2D eigenvalue weighted by Crippen LogP contribution is 2.31. The van der Waals surface area contributed by atoms with Crippen molar-refractivity contribution < 1.29 is 13.5 Å². The summed E-state index contributed by atoms with van der Waals surface area (Å²) in [6.45, 7) is 0. The molecule has 0 heterocycles. The fourth-order valence-electron chi connectivity index (χ4n) is 2.73. The summed E-state index contributed by atoms with van der Waals surface area (Å²) in [6, 6.07) is 4.33. The van der Waals surface area contributed by atoms with Gasteiger partial charge in [0, 0.05) is 7.05 Å². The van der Waals surface area contributed by atoms with E-state index in [1.54, 1.807) is 0 Å². The summed E-state index contributed by atoms with van der Waals surface area (Å²) in [4.78, 5) is 1.88. The number of nitrogen functional groups attached to an aromatic ring is 1. The van der Waals surface area contributed by atoms with Crippen molar-refractivity contribution in [3.63, 3.8) is 0 Å². The average molecular weight is 299 g/mol. The number of aliphatic hydroxyl groups excluding tert-OH is 1. The lowest BCUT2D eigenvalue weighted by molar-refractivity contribution is 0.106. The minimum absolute atomic E-state index is 0.0267. The second-order valence-corrected chi connectivity index (χ2v) is 6.86. The summed E-state index contributed by atoms with van der Waals surface area (Å²) in [5.74, 6) is 0. The number of sulfonamides is 1. The molecule has 6 nitrogen and oxygen atoms in total. The summed E-state index contributed by atoms with van der Waals surface area (Å²) < 4.78 is 22.9. The summed E-state index contributed by atoms with van der Waals surface area (Å²) in [5, 5.41) is 15.2. The van der Waals surface area contributed by atoms with Crippen LogP contribution in [0.15, 0.2) is 23.1 Å². The highest BCUT2D eigenvalue weighted by molar-refractivity contribution is 7.89. The Bertz CT molecular complexity index is 589. The van der Waals surface area contributed by atoms with Crippen molar-refractivity contribution in [2.45, 2.75) is 42.7 Å². The van der Waals surface area contributed by atoms with Crippen molar-refractivity contribution in [3.8, 4) is 0 Å². The van der Waals surface area contributed by atoms with Gasteiger partial charge in [-0.25, -0.2) is 13.6 Å². The Morgan fingerprint density at radius 1 is 1.30 bits per heavy atom. The Balaban J connectivity index is 2.35. The molecular formula is C13H21N3O3S. The van der Waals surface area contributed by atoms with Crippen LogP contribution in [-0.4, -0.2) is 32.7 Å². The Morgan fingerprint density at radius 3 is 2.55 bits per heavy atom. The number of hydrogen-bond acceptors (Lipinski definition) is 5. The van der Waals surface area contributed by atoms with Crippen LogP contribution < -0.4 is 15.8 Å². The zero-order valence-electron chi connectivity index (χ0n) is 11.5. The molecule has 5 N–H and O–H groups in total. The molecule has 1 aliphatic carbocycles. The van der Waals surface area contributed by atoms with Gasteiger partial charge in [-0.15, -0.1) is 0 Å². The van der Waals surface area contributed by atoms with Crippen LogP contribution in [-0.2, 0) is 10.0 Å². The van der Waals surface area contributed by atoms with Crippen LogP contribution in [0, 0.1) is 0 Å². The van der Waals surface area contributed by atoms with Gasteiger partial charge in [0.1, 0.15) is 0 Å². The van der Waals surface area contributed by atoms with E-state index in [2.05, 4.69) is 0 Å². The van der Waals surface area contributed by atoms with Gasteiger partial charge >= 0.3 is 0 Å². The summed E-state index contributed by atoms with van der Waals surface area (Å²) in [5.41, 5.74) is 6.98. The molecule has 0 saturated heterocycles. The molecule has 20 heavy (non-hydrogen) atoms. The molecule has 1 aromatic rings. The standard InChI is InChI=1S/C13H21N3O3S/c1-16(11-4-2-3-5-13(11)17)12-8-9(20(15,18)19)6-7-10(12)14/h6-8,11,13,17H,2-5,14H2,1H3,(H2,15,18,19). The van der Waals surface area contributed by atoms with Crippen LogP contribution in [0.2, 0.25) is 0 Å². The maximum atomic E-state index is 11.4. The van der Waals surface area contributed by atoms with Gasteiger partial charge in [0.05, 0.1) is 28.4 Å². The first-order chi connectivity index (χ1) is 9.30. The van der Waals surface area contributed by atoms with Crippen LogP contribution in [0.4, 0.5) is 11.4 Å². The van der Waals surface area contributed by atoms with E-state index in [1.807, 2.05) is 11.9 Å². The Hall–Kier alpha value is -1.31. The topological polar surface area (TPSA) is 110 Å². The van der Waals surface area contributed by atoms with E-state index in [4.69, 9.17) is 10.9 Å². The van der Waals surface area contributed by atoms with Gasteiger partial charge in [-0.1, -0.05) is 12.8 Å². The third-order valence-electron chi connectivity index (χ3n) is 3.90. The number of benzene rings is 1. The van der Waals surface area contributed by atoms with Gasteiger partial charge in [-0.05, 0) is 31.0 Å². The van der Waals surface area contributed by atoms with Gasteiger partial charge in [0.25, 0.3) is 0 Å². The van der Waals surface area contributed by atoms with Crippen molar-refractivity contribution in [3.05, 3.63) is 18.2 Å². The van der Waals surface area contributed by atoms with E-state index in [1.165, 1.54) is 18.2 Å². The highest BCUT2D eigenvalue weighted by Gasteiger charge is 2.28. The van der Waals surface area contributed by atoms with E-state index in [0.717, 1.165) is 25.7 Å². The van der Waals surface area contributed by atoms with Gasteiger partial charge in [0.15, 0.2) is 0 Å². The lowest BCUT2D eigenvalue weighted by Crippen LogP contribution is -2.43. The molecule has 1 aliphatic rings. The molecule has 2 rings (SSSR count). The molecule has 1 aromatic carbocycles. The van der Waals surface area contributed by atoms with Crippen LogP contribution in [0.25, 0.3) is 0 Å². The van der Waals surface area contributed by atoms with Crippen molar-refractivity contribution >= 4 is 21.4 Å². The number of nitrogens with two attached hydrogens (primary N) is 2.